The molecule has 0 saturated heterocycles. The topological polar surface area (TPSA) is 75.7 Å². The molecule has 0 radical (unpaired) electrons. The first-order chi connectivity index (χ1) is 13.5. The van der Waals surface area contributed by atoms with Gasteiger partial charge < -0.3 is 15.0 Å². The summed E-state index contributed by atoms with van der Waals surface area (Å²) in [7, 11) is 0. The number of nitrogens with one attached hydrogen (secondary N) is 1. The van der Waals surface area contributed by atoms with Gasteiger partial charge in [-0.25, -0.2) is 4.79 Å². The highest BCUT2D eigenvalue weighted by Gasteiger charge is 2.35. The highest BCUT2D eigenvalue weighted by atomic mass is 16.5. The number of fused-ring (bicyclic) bond motifs is 1. The molecule has 0 aliphatic carbocycles. The first kappa shape index (κ1) is 19.6. The average Bonchev–Trinajstić information content (AvgIpc) is 3.03. The molecule has 0 saturated carbocycles. The summed E-state index contributed by atoms with van der Waals surface area (Å²) >= 11 is 0. The Morgan fingerprint density at radius 1 is 1.11 bits per heavy atom. The van der Waals surface area contributed by atoms with Gasteiger partial charge >= 0.3 is 5.97 Å². The van der Waals surface area contributed by atoms with Gasteiger partial charge in [0.25, 0.3) is 5.91 Å². The minimum atomic E-state index is -0.547. The van der Waals surface area contributed by atoms with E-state index in [2.05, 4.69) is 5.32 Å². The van der Waals surface area contributed by atoms with Gasteiger partial charge in [0.2, 0.25) is 5.91 Å². The Morgan fingerprint density at radius 3 is 2.46 bits per heavy atom. The standard InChI is InChI=1S/C22H24N2O4/c1-3-7-19(24-14-16-8-5-6-9-18(16)21(24)26)20(25)23-17-12-10-15(11-13-17)22(27)28-4-2/h5-6,8-13,19H,3-4,7,14H2,1-2H3,(H,23,25). The molecule has 0 spiro atoms. The zero-order chi connectivity index (χ0) is 20.1. The van der Waals surface area contributed by atoms with Crippen molar-refractivity contribution in [3.8, 4) is 0 Å². The Balaban J connectivity index is 1.72. The fraction of sp³-hybridized carbons (Fsp3) is 0.318. The molecule has 28 heavy (non-hydrogen) atoms. The number of anilines is 1. The second-order valence-electron chi connectivity index (χ2n) is 6.68. The number of nitrogens with zero attached hydrogens (tertiary/aromatic N) is 1. The van der Waals surface area contributed by atoms with Crippen LogP contribution in [0.15, 0.2) is 48.5 Å². The number of rotatable bonds is 7. The highest BCUT2D eigenvalue weighted by Crippen LogP contribution is 2.26. The van der Waals surface area contributed by atoms with Crippen LogP contribution in [-0.4, -0.2) is 35.3 Å². The van der Waals surface area contributed by atoms with E-state index in [-0.39, 0.29) is 11.8 Å². The van der Waals surface area contributed by atoms with Crippen LogP contribution in [0.3, 0.4) is 0 Å². The van der Waals surface area contributed by atoms with Crippen LogP contribution in [-0.2, 0) is 16.1 Å². The van der Waals surface area contributed by atoms with E-state index in [0.29, 0.717) is 36.4 Å². The third-order valence-corrected chi connectivity index (χ3v) is 4.75. The van der Waals surface area contributed by atoms with E-state index in [1.807, 2.05) is 25.1 Å². The maximum absolute atomic E-state index is 12.9. The van der Waals surface area contributed by atoms with Crippen LogP contribution in [0.25, 0.3) is 0 Å². The molecule has 3 rings (SSSR count). The second-order valence-corrected chi connectivity index (χ2v) is 6.68. The van der Waals surface area contributed by atoms with Crippen molar-refractivity contribution in [3.63, 3.8) is 0 Å². The van der Waals surface area contributed by atoms with E-state index in [1.54, 1.807) is 42.2 Å². The molecule has 0 bridgehead atoms. The van der Waals surface area contributed by atoms with E-state index >= 15 is 0 Å². The van der Waals surface area contributed by atoms with Gasteiger partial charge in [-0.15, -0.1) is 0 Å². The van der Waals surface area contributed by atoms with Crippen LogP contribution >= 0.6 is 0 Å². The second kappa shape index (κ2) is 8.69. The Bertz CT molecular complexity index is 876. The number of ether oxygens (including phenoxy) is 1. The van der Waals surface area contributed by atoms with Crippen molar-refractivity contribution < 1.29 is 19.1 Å². The Labute approximate surface area is 164 Å². The van der Waals surface area contributed by atoms with Crippen molar-refractivity contribution in [3.05, 3.63) is 65.2 Å². The highest BCUT2D eigenvalue weighted by molar-refractivity contribution is 6.03. The molecule has 1 aliphatic rings. The normalized spacial score (nSPS) is 13.8. The van der Waals surface area contributed by atoms with Crippen LogP contribution in [0.4, 0.5) is 5.69 Å². The summed E-state index contributed by atoms with van der Waals surface area (Å²) < 4.78 is 4.96. The number of esters is 1. The fourth-order valence-electron chi connectivity index (χ4n) is 3.36. The van der Waals surface area contributed by atoms with E-state index in [4.69, 9.17) is 4.74 Å². The zero-order valence-electron chi connectivity index (χ0n) is 16.1. The van der Waals surface area contributed by atoms with Crippen LogP contribution in [0.5, 0.6) is 0 Å². The minimum absolute atomic E-state index is 0.109. The van der Waals surface area contributed by atoms with Gasteiger partial charge in [0.15, 0.2) is 0 Å². The lowest BCUT2D eigenvalue weighted by Gasteiger charge is -2.26. The van der Waals surface area contributed by atoms with E-state index in [0.717, 1.165) is 12.0 Å². The quantitative estimate of drug-likeness (QED) is 0.745. The van der Waals surface area contributed by atoms with Crippen LogP contribution in [0.1, 0.15) is 53.0 Å². The van der Waals surface area contributed by atoms with Crippen molar-refractivity contribution in [2.45, 2.75) is 39.3 Å². The summed E-state index contributed by atoms with van der Waals surface area (Å²) in [6.07, 6.45) is 1.35. The number of carbonyl (C=O) groups excluding carboxylic acids is 3. The molecule has 146 valence electrons. The molecular weight excluding hydrogens is 356 g/mol. The summed E-state index contributed by atoms with van der Waals surface area (Å²) in [5, 5.41) is 2.86. The molecule has 1 heterocycles. The van der Waals surface area contributed by atoms with E-state index in [1.165, 1.54) is 0 Å². The van der Waals surface area contributed by atoms with Gasteiger partial charge in [-0.1, -0.05) is 31.5 Å². The molecule has 1 N–H and O–H groups in total. The predicted molar refractivity (Wildman–Crippen MR) is 106 cm³/mol. The Morgan fingerprint density at radius 2 is 1.82 bits per heavy atom. The van der Waals surface area contributed by atoms with Gasteiger partial charge in [0.1, 0.15) is 6.04 Å². The summed E-state index contributed by atoms with van der Waals surface area (Å²) in [4.78, 5) is 39.0. The molecule has 6 heteroatoms. The Hall–Kier alpha value is -3.15. The minimum Gasteiger partial charge on any atom is -0.462 e. The average molecular weight is 380 g/mol. The largest absolute Gasteiger partial charge is 0.462 e. The third kappa shape index (κ3) is 4.06. The van der Waals surface area contributed by atoms with E-state index in [9.17, 15) is 14.4 Å². The van der Waals surface area contributed by atoms with Gasteiger partial charge in [-0.05, 0) is 49.2 Å². The fourth-order valence-corrected chi connectivity index (χ4v) is 3.36. The van der Waals surface area contributed by atoms with Crippen molar-refractivity contribution in [2.24, 2.45) is 0 Å². The molecule has 1 aliphatic heterocycles. The maximum atomic E-state index is 12.9. The summed E-state index contributed by atoms with van der Waals surface area (Å²) in [5.74, 6) is -0.738. The molecule has 1 unspecified atom stereocenters. The number of benzene rings is 2. The van der Waals surface area contributed by atoms with Gasteiger partial charge in [0.05, 0.1) is 12.2 Å². The molecule has 0 fully saturated rings. The van der Waals surface area contributed by atoms with Gasteiger partial charge in [-0.2, -0.15) is 0 Å². The van der Waals surface area contributed by atoms with Crippen molar-refractivity contribution in [1.29, 1.82) is 0 Å². The number of hydrogen-bond donors (Lipinski definition) is 1. The van der Waals surface area contributed by atoms with Crippen molar-refractivity contribution in [2.75, 3.05) is 11.9 Å². The molecule has 1 atom stereocenters. The maximum Gasteiger partial charge on any atom is 0.338 e. The predicted octanol–water partition coefficient (Wildman–Crippen LogP) is 3.63. The molecular formula is C22H24N2O4. The van der Waals surface area contributed by atoms with E-state index < -0.39 is 12.0 Å². The number of carbonyl (C=O) groups is 3. The van der Waals surface area contributed by atoms with Crippen LogP contribution in [0.2, 0.25) is 0 Å². The number of amides is 2. The molecule has 2 amide bonds. The lowest BCUT2D eigenvalue weighted by molar-refractivity contribution is -0.120. The first-order valence-electron chi connectivity index (χ1n) is 9.52. The first-order valence-corrected chi connectivity index (χ1v) is 9.52. The lowest BCUT2D eigenvalue weighted by Crippen LogP contribution is -2.44. The Kier molecular flexibility index (Phi) is 6.09. The number of hydrogen-bond acceptors (Lipinski definition) is 4. The molecule has 2 aromatic rings. The smallest absolute Gasteiger partial charge is 0.338 e. The molecule has 6 nitrogen and oxygen atoms in total. The zero-order valence-corrected chi connectivity index (χ0v) is 16.1. The summed E-state index contributed by atoms with van der Waals surface area (Å²) in [6.45, 7) is 4.48. The van der Waals surface area contributed by atoms with Crippen molar-refractivity contribution in [1.82, 2.24) is 4.90 Å². The summed E-state index contributed by atoms with van der Waals surface area (Å²) in [5.41, 5.74) is 2.61. The SMILES string of the molecule is CCCC(C(=O)Nc1ccc(C(=O)OCC)cc1)N1Cc2ccccc2C1=O. The monoisotopic (exact) mass is 380 g/mol. The third-order valence-electron chi connectivity index (χ3n) is 4.75. The van der Waals surface area contributed by atoms with Crippen molar-refractivity contribution >= 4 is 23.5 Å². The van der Waals surface area contributed by atoms with Gasteiger partial charge in [0, 0.05) is 17.8 Å². The van der Waals surface area contributed by atoms with Crippen LogP contribution in [0, 0.1) is 0 Å². The van der Waals surface area contributed by atoms with Gasteiger partial charge in [-0.3, -0.25) is 9.59 Å². The molecule has 0 aromatic heterocycles. The van der Waals surface area contributed by atoms with Crippen LogP contribution < -0.4 is 5.32 Å². The summed E-state index contributed by atoms with van der Waals surface area (Å²) in [6, 6.07) is 13.4. The lowest BCUT2D eigenvalue weighted by atomic mass is 10.1. The molecule has 2 aromatic carbocycles.